The summed E-state index contributed by atoms with van der Waals surface area (Å²) in [6.07, 6.45) is 3.86. The van der Waals surface area contributed by atoms with E-state index >= 15 is 0 Å². The molecular formula is C12H15OS. The molecule has 0 aliphatic carbocycles. The Morgan fingerprint density at radius 3 is 2.79 bits per heavy atom. The smallest absolute Gasteiger partial charge is 0.0499 e. The maximum atomic E-state index is 9.07. The molecule has 1 atom stereocenters. The largest absolute Gasteiger partial charge is 0.396 e. The van der Waals surface area contributed by atoms with Gasteiger partial charge in [0.05, 0.1) is 0 Å². The Bertz CT molecular complexity index is 320. The number of aliphatic hydroxyl groups excluding tert-OH is 1. The third kappa shape index (κ3) is 2.20. The van der Waals surface area contributed by atoms with Gasteiger partial charge in [0.15, 0.2) is 0 Å². The lowest BCUT2D eigenvalue weighted by Gasteiger charge is -2.14. The maximum absolute atomic E-state index is 9.07. The van der Waals surface area contributed by atoms with Gasteiger partial charge >= 0.3 is 0 Å². The molecule has 0 saturated heterocycles. The Hall–Kier alpha value is -0.730. The first-order chi connectivity index (χ1) is 6.74. The number of hydrogen-bond donors (Lipinski definition) is 1. The van der Waals surface area contributed by atoms with E-state index in [0.717, 1.165) is 11.1 Å². The van der Waals surface area contributed by atoms with Crippen LogP contribution in [0.2, 0.25) is 0 Å². The average Bonchev–Trinajstić information content (AvgIpc) is 2.26. The van der Waals surface area contributed by atoms with Crippen LogP contribution >= 0.6 is 11.8 Å². The third-order valence-electron chi connectivity index (χ3n) is 2.18. The van der Waals surface area contributed by atoms with Crippen LogP contribution in [0.3, 0.4) is 0 Å². The van der Waals surface area contributed by atoms with Gasteiger partial charge in [0.1, 0.15) is 0 Å². The minimum absolute atomic E-state index is 0.0681. The Morgan fingerprint density at radius 1 is 1.57 bits per heavy atom. The van der Waals surface area contributed by atoms with Crippen molar-refractivity contribution in [2.75, 3.05) is 12.9 Å². The van der Waals surface area contributed by atoms with Crippen LogP contribution in [0.25, 0.3) is 6.08 Å². The summed E-state index contributed by atoms with van der Waals surface area (Å²) in [5.74, 6) is -0.0740. The van der Waals surface area contributed by atoms with Crippen LogP contribution in [-0.2, 0) is 0 Å². The molecule has 1 aromatic carbocycles. The number of hydrogen-bond acceptors (Lipinski definition) is 2. The minimum atomic E-state index is -0.0740. The van der Waals surface area contributed by atoms with Crippen molar-refractivity contribution in [2.24, 2.45) is 0 Å². The first-order valence-corrected chi connectivity index (χ1v) is 5.70. The normalized spacial score (nSPS) is 12.5. The van der Waals surface area contributed by atoms with Crippen molar-refractivity contribution in [1.29, 1.82) is 0 Å². The minimum Gasteiger partial charge on any atom is -0.396 e. The second-order valence-electron chi connectivity index (χ2n) is 3.05. The van der Waals surface area contributed by atoms with Crippen LogP contribution in [0.15, 0.2) is 29.7 Å². The summed E-state index contributed by atoms with van der Waals surface area (Å²) in [6.45, 7) is 7.77. The molecule has 14 heavy (non-hydrogen) atoms. The fourth-order valence-corrected chi connectivity index (χ4v) is 2.05. The summed E-state index contributed by atoms with van der Waals surface area (Å²) in [6, 6.07) is 6.03. The van der Waals surface area contributed by atoms with E-state index in [1.54, 1.807) is 11.8 Å². The summed E-state index contributed by atoms with van der Waals surface area (Å²) in [5.41, 5.74) is 2.16. The van der Waals surface area contributed by atoms with Gasteiger partial charge < -0.3 is 5.11 Å². The Labute approximate surface area is 89.8 Å². The van der Waals surface area contributed by atoms with Gasteiger partial charge in [-0.05, 0) is 30.4 Å². The monoisotopic (exact) mass is 207 g/mol. The topological polar surface area (TPSA) is 20.2 Å². The molecule has 0 heterocycles. The molecule has 1 aromatic rings. The Kier molecular flexibility index (Phi) is 4.23. The average molecular weight is 207 g/mol. The van der Waals surface area contributed by atoms with Crippen molar-refractivity contribution in [1.82, 2.24) is 0 Å². The van der Waals surface area contributed by atoms with Gasteiger partial charge in [0, 0.05) is 17.4 Å². The molecule has 0 aliphatic rings. The summed E-state index contributed by atoms with van der Waals surface area (Å²) in [4.78, 5) is 1.18. The van der Waals surface area contributed by atoms with Gasteiger partial charge in [-0.1, -0.05) is 24.8 Å². The van der Waals surface area contributed by atoms with Crippen LogP contribution in [0, 0.1) is 6.92 Å². The van der Waals surface area contributed by atoms with E-state index in [0.29, 0.717) is 0 Å². The van der Waals surface area contributed by atoms with E-state index < -0.39 is 0 Å². The quantitative estimate of drug-likeness (QED) is 0.766. The summed E-state index contributed by atoms with van der Waals surface area (Å²) in [7, 11) is 0. The number of aliphatic hydroxyl groups is 1. The number of benzene rings is 1. The van der Waals surface area contributed by atoms with Gasteiger partial charge in [-0.2, -0.15) is 0 Å². The Morgan fingerprint density at radius 2 is 2.29 bits per heavy atom. The zero-order valence-corrected chi connectivity index (χ0v) is 9.18. The van der Waals surface area contributed by atoms with Crippen LogP contribution in [0.1, 0.15) is 17.0 Å². The van der Waals surface area contributed by atoms with Crippen LogP contribution in [0.4, 0.5) is 0 Å². The molecule has 0 aromatic heterocycles. The standard InChI is InChI=1S/C12H15OS/c1-4-10-11(9(2)8-13)6-5-7-12(10)14-3/h4-7,9,13H,1-2,8H2,3H3. The predicted molar refractivity (Wildman–Crippen MR) is 63.5 cm³/mol. The van der Waals surface area contributed by atoms with Crippen molar-refractivity contribution in [3.8, 4) is 0 Å². The molecule has 0 bridgehead atoms. The molecule has 0 aliphatic heterocycles. The lowest BCUT2D eigenvalue weighted by atomic mass is 9.96. The molecule has 0 amide bonds. The molecule has 1 radical (unpaired) electrons. The zero-order chi connectivity index (χ0) is 10.6. The highest BCUT2D eigenvalue weighted by molar-refractivity contribution is 7.98. The van der Waals surface area contributed by atoms with E-state index in [2.05, 4.69) is 19.6 Å². The van der Waals surface area contributed by atoms with E-state index in [1.807, 2.05) is 24.5 Å². The molecule has 0 saturated carbocycles. The second-order valence-corrected chi connectivity index (χ2v) is 3.89. The molecule has 1 nitrogen and oxygen atoms in total. The summed E-state index contributed by atoms with van der Waals surface area (Å²) >= 11 is 1.68. The van der Waals surface area contributed by atoms with Crippen LogP contribution in [-0.4, -0.2) is 18.0 Å². The predicted octanol–water partition coefficient (Wildman–Crippen LogP) is 2.96. The molecular weight excluding hydrogens is 192 g/mol. The van der Waals surface area contributed by atoms with Gasteiger partial charge in [-0.25, -0.2) is 0 Å². The molecule has 1 unspecified atom stereocenters. The third-order valence-corrected chi connectivity index (χ3v) is 2.98. The van der Waals surface area contributed by atoms with Crippen molar-refractivity contribution < 1.29 is 5.11 Å². The summed E-state index contributed by atoms with van der Waals surface area (Å²) < 4.78 is 0. The molecule has 1 N–H and O–H groups in total. The highest BCUT2D eigenvalue weighted by Crippen LogP contribution is 2.28. The molecule has 0 spiro atoms. The van der Waals surface area contributed by atoms with Crippen molar-refractivity contribution >= 4 is 17.8 Å². The first-order valence-electron chi connectivity index (χ1n) is 4.47. The molecule has 75 valence electrons. The lowest BCUT2D eigenvalue weighted by molar-refractivity contribution is 0.282. The highest BCUT2D eigenvalue weighted by atomic mass is 32.2. The van der Waals surface area contributed by atoms with E-state index in [9.17, 15) is 0 Å². The number of rotatable bonds is 4. The van der Waals surface area contributed by atoms with E-state index in [1.165, 1.54) is 4.90 Å². The highest BCUT2D eigenvalue weighted by Gasteiger charge is 2.10. The first kappa shape index (κ1) is 11.3. The molecule has 1 rings (SSSR count). The maximum Gasteiger partial charge on any atom is 0.0499 e. The van der Waals surface area contributed by atoms with Crippen molar-refractivity contribution in [3.63, 3.8) is 0 Å². The van der Waals surface area contributed by atoms with E-state index in [4.69, 9.17) is 5.11 Å². The van der Waals surface area contributed by atoms with Gasteiger partial charge in [0.2, 0.25) is 0 Å². The van der Waals surface area contributed by atoms with Gasteiger partial charge in [-0.3, -0.25) is 0 Å². The Balaban J connectivity index is 3.21. The van der Waals surface area contributed by atoms with Crippen LogP contribution < -0.4 is 0 Å². The zero-order valence-electron chi connectivity index (χ0n) is 8.36. The summed E-state index contributed by atoms with van der Waals surface area (Å²) in [5, 5.41) is 9.07. The van der Waals surface area contributed by atoms with E-state index in [-0.39, 0.29) is 12.5 Å². The molecule has 2 heteroatoms. The van der Waals surface area contributed by atoms with Crippen molar-refractivity contribution in [2.45, 2.75) is 10.8 Å². The molecule has 0 fully saturated rings. The van der Waals surface area contributed by atoms with Crippen LogP contribution in [0.5, 0.6) is 0 Å². The van der Waals surface area contributed by atoms with Crippen molar-refractivity contribution in [3.05, 3.63) is 42.8 Å². The number of thioether (sulfide) groups is 1. The van der Waals surface area contributed by atoms with Gasteiger partial charge in [0.25, 0.3) is 0 Å². The lowest BCUT2D eigenvalue weighted by Crippen LogP contribution is -2.02. The second kappa shape index (κ2) is 5.23. The fourth-order valence-electron chi connectivity index (χ4n) is 1.41. The fraction of sp³-hybridized carbons (Fsp3) is 0.250. The van der Waals surface area contributed by atoms with Gasteiger partial charge in [-0.15, -0.1) is 11.8 Å². The SMILES string of the molecule is [CH2]C(CO)c1cccc(SC)c1C=C.